The van der Waals surface area contributed by atoms with Gasteiger partial charge >= 0.3 is 0 Å². The molecule has 0 N–H and O–H groups in total. The second-order valence-electron chi connectivity index (χ2n) is 7.29. The van der Waals surface area contributed by atoms with Crippen LogP contribution in [0.2, 0.25) is 0 Å². The van der Waals surface area contributed by atoms with Crippen molar-refractivity contribution in [3.05, 3.63) is 59.5 Å². The monoisotopic (exact) mass is 343 g/mol. The molecule has 142 valence electrons. The Hall–Kier alpha value is -1.50. The normalized spacial score (nSPS) is 13.4. The van der Waals surface area contributed by atoms with Gasteiger partial charge < -0.3 is 4.90 Å². The van der Waals surface area contributed by atoms with Gasteiger partial charge in [-0.25, -0.2) is 0 Å². The largest absolute Gasteiger partial charge is 0.343 e. The van der Waals surface area contributed by atoms with E-state index in [1.165, 1.54) is 35.4 Å². The molecule has 0 radical (unpaired) electrons. The summed E-state index contributed by atoms with van der Waals surface area (Å²) in [6.45, 7) is 30.2. The molecular formula is C24H41N. The molecule has 0 aromatic rings. The second kappa shape index (κ2) is 10.5. The van der Waals surface area contributed by atoms with Crippen LogP contribution in [-0.2, 0) is 0 Å². The molecule has 0 aromatic heterocycles. The zero-order valence-electron chi connectivity index (χ0n) is 18.2. The highest BCUT2D eigenvalue weighted by atomic mass is 15.2. The molecule has 0 saturated carbocycles. The predicted molar refractivity (Wildman–Crippen MR) is 116 cm³/mol. The topological polar surface area (TPSA) is 3.24 Å². The van der Waals surface area contributed by atoms with Crippen molar-refractivity contribution in [1.29, 1.82) is 0 Å². The fourth-order valence-electron chi connectivity index (χ4n) is 3.61. The minimum Gasteiger partial charge on any atom is -0.343 e. The minimum atomic E-state index is 0.153. The summed E-state index contributed by atoms with van der Waals surface area (Å²) in [5, 5.41) is 0. The lowest BCUT2D eigenvalue weighted by Gasteiger charge is -2.47. The van der Waals surface area contributed by atoms with Gasteiger partial charge in [-0.2, -0.15) is 0 Å². The van der Waals surface area contributed by atoms with E-state index in [-0.39, 0.29) is 5.54 Å². The van der Waals surface area contributed by atoms with Crippen LogP contribution in [0, 0.1) is 0 Å². The van der Waals surface area contributed by atoms with Gasteiger partial charge in [-0.05, 0) is 70.1 Å². The van der Waals surface area contributed by atoms with E-state index in [0.717, 1.165) is 30.4 Å². The van der Waals surface area contributed by atoms with Crippen LogP contribution in [0.1, 0.15) is 87.5 Å². The predicted octanol–water partition coefficient (Wildman–Crippen LogP) is 7.94. The summed E-state index contributed by atoms with van der Waals surface area (Å²) in [5.74, 6) is 0. The number of rotatable bonds is 11. The Labute approximate surface area is 157 Å². The van der Waals surface area contributed by atoms with Crippen molar-refractivity contribution >= 4 is 0 Å². The van der Waals surface area contributed by atoms with Crippen LogP contribution in [0.3, 0.4) is 0 Å². The van der Waals surface area contributed by atoms with E-state index in [0.29, 0.717) is 0 Å². The highest BCUT2D eigenvalue weighted by Gasteiger charge is 2.34. The Kier molecular flexibility index (Phi) is 9.85. The van der Waals surface area contributed by atoms with E-state index in [2.05, 4.69) is 79.2 Å². The summed E-state index contributed by atoms with van der Waals surface area (Å²) in [4.78, 5) is 2.53. The minimum absolute atomic E-state index is 0.153. The van der Waals surface area contributed by atoms with Gasteiger partial charge in [0.15, 0.2) is 0 Å². The van der Waals surface area contributed by atoms with Crippen LogP contribution in [0.5, 0.6) is 0 Å². The average Bonchev–Trinajstić information content (AvgIpc) is 2.59. The van der Waals surface area contributed by atoms with E-state index in [4.69, 9.17) is 0 Å². The van der Waals surface area contributed by atoms with Crippen molar-refractivity contribution in [3.8, 4) is 0 Å². The molecular weight excluding hydrogens is 302 g/mol. The molecule has 1 heteroatoms. The quantitative estimate of drug-likeness (QED) is 0.344. The summed E-state index contributed by atoms with van der Waals surface area (Å²) in [6, 6.07) is 0. The third kappa shape index (κ3) is 5.76. The fraction of sp³-hybridized carbons (Fsp3) is 0.583. The molecule has 0 aliphatic rings. The first-order chi connectivity index (χ1) is 11.6. The SMILES string of the molecule is C=C(C)C(=C)/C(C)=C\C(C)=C(/C)N(C(=C)CC)C(CC)(CC)CCC. The zero-order chi connectivity index (χ0) is 19.8. The fourth-order valence-corrected chi connectivity index (χ4v) is 3.61. The van der Waals surface area contributed by atoms with Crippen LogP contribution < -0.4 is 0 Å². The summed E-state index contributed by atoms with van der Waals surface area (Å²) < 4.78 is 0. The van der Waals surface area contributed by atoms with Crippen molar-refractivity contribution < 1.29 is 0 Å². The van der Waals surface area contributed by atoms with Gasteiger partial charge in [-0.3, -0.25) is 0 Å². The second-order valence-corrected chi connectivity index (χ2v) is 7.29. The first kappa shape index (κ1) is 23.5. The highest BCUT2D eigenvalue weighted by molar-refractivity contribution is 5.44. The van der Waals surface area contributed by atoms with E-state index in [1.807, 2.05) is 6.92 Å². The first-order valence-electron chi connectivity index (χ1n) is 9.80. The molecule has 1 nitrogen and oxygen atoms in total. The molecule has 0 unspecified atom stereocenters. The summed E-state index contributed by atoms with van der Waals surface area (Å²) in [5.41, 5.74) is 7.17. The van der Waals surface area contributed by atoms with Gasteiger partial charge in [0.1, 0.15) is 0 Å². The molecule has 0 aliphatic carbocycles. The Bertz CT molecular complexity index is 553. The van der Waals surface area contributed by atoms with Crippen LogP contribution in [0.25, 0.3) is 0 Å². The number of nitrogens with zero attached hydrogens (tertiary/aromatic N) is 1. The van der Waals surface area contributed by atoms with Crippen LogP contribution in [-0.4, -0.2) is 10.4 Å². The van der Waals surface area contributed by atoms with Gasteiger partial charge in [-0.15, -0.1) is 0 Å². The molecule has 0 saturated heterocycles. The Balaban J connectivity index is 6.20. The van der Waals surface area contributed by atoms with Crippen LogP contribution >= 0.6 is 0 Å². The maximum atomic E-state index is 4.40. The van der Waals surface area contributed by atoms with E-state index in [1.54, 1.807) is 0 Å². The maximum absolute atomic E-state index is 4.40. The Morgan fingerprint density at radius 1 is 0.920 bits per heavy atom. The van der Waals surface area contributed by atoms with Crippen LogP contribution in [0.15, 0.2) is 59.5 Å². The molecule has 0 bridgehead atoms. The van der Waals surface area contributed by atoms with Crippen molar-refractivity contribution in [2.75, 3.05) is 0 Å². The Morgan fingerprint density at radius 3 is 1.80 bits per heavy atom. The number of hydrogen-bond acceptors (Lipinski definition) is 1. The van der Waals surface area contributed by atoms with Crippen molar-refractivity contribution in [1.82, 2.24) is 4.90 Å². The lowest BCUT2D eigenvalue weighted by Crippen LogP contribution is -2.46. The van der Waals surface area contributed by atoms with Gasteiger partial charge in [0.25, 0.3) is 0 Å². The van der Waals surface area contributed by atoms with E-state index >= 15 is 0 Å². The molecule has 0 spiro atoms. The number of hydrogen-bond donors (Lipinski definition) is 0. The standard InChI is InChI=1S/C24H41N/c1-12-16-24(14-3,15-4)25(21(9)13-2)23(11)20(8)17-19(7)22(10)18(5)6/h17H,5,9-10,12-16H2,1-4,6-8,11H3/b19-17-,23-20+. The first-order valence-corrected chi connectivity index (χ1v) is 9.80. The van der Waals surface area contributed by atoms with Gasteiger partial charge in [-0.1, -0.05) is 65.5 Å². The lowest BCUT2D eigenvalue weighted by molar-refractivity contribution is 0.137. The average molecular weight is 344 g/mol. The molecule has 0 aromatic carbocycles. The van der Waals surface area contributed by atoms with Gasteiger partial charge in [0.2, 0.25) is 0 Å². The van der Waals surface area contributed by atoms with Crippen molar-refractivity contribution in [2.45, 2.75) is 93.0 Å². The molecule has 0 heterocycles. The summed E-state index contributed by atoms with van der Waals surface area (Å²) in [7, 11) is 0. The zero-order valence-corrected chi connectivity index (χ0v) is 18.2. The number of allylic oxidation sites excluding steroid dienone is 7. The molecule has 0 amide bonds. The molecule has 25 heavy (non-hydrogen) atoms. The van der Waals surface area contributed by atoms with E-state index in [9.17, 15) is 0 Å². The molecule has 0 rings (SSSR count). The van der Waals surface area contributed by atoms with E-state index < -0.39 is 0 Å². The molecule has 0 fully saturated rings. The highest BCUT2D eigenvalue weighted by Crippen LogP contribution is 2.37. The van der Waals surface area contributed by atoms with Gasteiger partial charge in [0, 0.05) is 16.9 Å². The van der Waals surface area contributed by atoms with Gasteiger partial charge in [0.05, 0.1) is 0 Å². The lowest BCUT2D eigenvalue weighted by atomic mass is 9.84. The third-order valence-electron chi connectivity index (χ3n) is 5.56. The summed E-state index contributed by atoms with van der Waals surface area (Å²) in [6.07, 6.45) is 7.83. The Morgan fingerprint density at radius 2 is 1.44 bits per heavy atom. The van der Waals surface area contributed by atoms with Crippen LogP contribution in [0.4, 0.5) is 0 Å². The van der Waals surface area contributed by atoms with Crippen molar-refractivity contribution in [2.24, 2.45) is 0 Å². The maximum Gasteiger partial charge on any atom is 0.0439 e. The third-order valence-corrected chi connectivity index (χ3v) is 5.56. The molecule has 0 aliphatic heterocycles. The smallest absolute Gasteiger partial charge is 0.0439 e. The summed E-state index contributed by atoms with van der Waals surface area (Å²) >= 11 is 0. The molecule has 0 atom stereocenters. The van der Waals surface area contributed by atoms with Crippen molar-refractivity contribution in [3.63, 3.8) is 0 Å².